The SMILES string of the molecule is CCCN(CCC)C(=O)c1cncc(NCc2ccccc2C)c1. The van der Waals surface area contributed by atoms with Gasteiger partial charge in [-0.05, 0) is 37.0 Å². The Balaban J connectivity index is 2.07. The molecule has 1 N–H and O–H groups in total. The Morgan fingerprint density at radius 3 is 2.50 bits per heavy atom. The van der Waals surface area contributed by atoms with Gasteiger partial charge in [-0.2, -0.15) is 0 Å². The molecular weight excluding hydrogens is 298 g/mol. The molecule has 2 aromatic rings. The highest BCUT2D eigenvalue weighted by Crippen LogP contribution is 2.14. The predicted molar refractivity (Wildman–Crippen MR) is 99.2 cm³/mol. The van der Waals surface area contributed by atoms with E-state index in [2.05, 4.69) is 43.2 Å². The average molecular weight is 325 g/mol. The monoisotopic (exact) mass is 325 g/mol. The summed E-state index contributed by atoms with van der Waals surface area (Å²) in [5, 5.41) is 3.37. The van der Waals surface area contributed by atoms with Crippen LogP contribution >= 0.6 is 0 Å². The first kappa shape index (κ1) is 18.0. The zero-order valence-corrected chi connectivity index (χ0v) is 14.9. The topological polar surface area (TPSA) is 45.2 Å². The molecule has 0 fully saturated rings. The van der Waals surface area contributed by atoms with E-state index in [-0.39, 0.29) is 5.91 Å². The van der Waals surface area contributed by atoms with E-state index in [0.29, 0.717) is 5.56 Å². The fourth-order valence-corrected chi connectivity index (χ4v) is 2.70. The highest BCUT2D eigenvalue weighted by Gasteiger charge is 2.15. The molecule has 0 unspecified atom stereocenters. The van der Waals surface area contributed by atoms with Gasteiger partial charge in [0.1, 0.15) is 0 Å². The van der Waals surface area contributed by atoms with Gasteiger partial charge in [-0.3, -0.25) is 9.78 Å². The lowest BCUT2D eigenvalue weighted by molar-refractivity contribution is 0.0755. The Labute approximate surface area is 144 Å². The Morgan fingerprint density at radius 2 is 1.83 bits per heavy atom. The molecule has 128 valence electrons. The number of anilines is 1. The maximum absolute atomic E-state index is 12.7. The van der Waals surface area contributed by atoms with Gasteiger partial charge in [-0.25, -0.2) is 0 Å². The smallest absolute Gasteiger partial charge is 0.255 e. The minimum atomic E-state index is 0.0609. The fraction of sp³-hybridized carbons (Fsp3) is 0.400. The van der Waals surface area contributed by atoms with Gasteiger partial charge < -0.3 is 10.2 Å². The molecule has 0 aliphatic carbocycles. The van der Waals surface area contributed by atoms with Crippen LogP contribution < -0.4 is 5.32 Å². The van der Waals surface area contributed by atoms with Crippen molar-refractivity contribution in [1.82, 2.24) is 9.88 Å². The molecule has 24 heavy (non-hydrogen) atoms. The van der Waals surface area contributed by atoms with Crippen LogP contribution in [-0.2, 0) is 6.54 Å². The molecule has 0 saturated carbocycles. The minimum absolute atomic E-state index is 0.0609. The molecular formula is C20H27N3O. The summed E-state index contributed by atoms with van der Waals surface area (Å²) in [7, 11) is 0. The number of nitrogens with one attached hydrogen (secondary N) is 1. The number of hydrogen-bond acceptors (Lipinski definition) is 3. The number of rotatable bonds is 8. The zero-order valence-electron chi connectivity index (χ0n) is 14.9. The van der Waals surface area contributed by atoms with Crippen molar-refractivity contribution in [3.63, 3.8) is 0 Å². The van der Waals surface area contributed by atoms with Gasteiger partial charge in [0, 0.05) is 32.0 Å². The van der Waals surface area contributed by atoms with Gasteiger partial charge >= 0.3 is 0 Å². The third-order valence-electron chi connectivity index (χ3n) is 4.00. The normalized spacial score (nSPS) is 10.5. The fourth-order valence-electron chi connectivity index (χ4n) is 2.70. The van der Waals surface area contributed by atoms with E-state index in [4.69, 9.17) is 0 Å². The second-order valence-electron chi connectivity index (χ2n) is 6.03. The first-order valence-corrected chi connectivity index (χ1v) is 8.68. The largest absolute Gasteiger partial charge is 0.380 e. The molecule has 0 bridgehead atoms. The number of amides is 1. The summed E-state index contributed by atoms with van der Waals surface area (Å²) >= 11 is 0. The van der Waals surface area contributed by atoms with E-state index in [0.717, 1.165) is 38.2 Å². The van der Waals surface area contributed by atoms with E-state index in [1.807, 2.05) is 23.1 Å². The molecule has 0 atom stereocenters. The van der Waals surface area contributed by atoms with Crippen LogP contribution in [0.4, 0.5) is 5.69 Å². The Kier molecular flexibility index (Phi) is 6.79. The molecule has 0 saturated heterocycles. The molecule has 1 amide bonds. The molecule has 2 rings (SSSR count). The van der Waals surface area contributed by atoms with Crippen molar-refractivity contribution in [2.45, 2.75) is 40.2 Å². The van der Waals surface area contributed by atoms with Crippen molar-refractivity contribution in [3.05, 3.63) is 59.4 Å². The van der Waals surface area contributed by atoms with E-state index >= 15 is 0 Å². The first-order valence-electron chi connectivity index (χ1n) is 8.68. The summed E-state index contributed by atoms with van der Waals surface area (Å²) in [5.41, 5.74) is 4.01. The average Bonchev–Trinajstić information content (AvgIpc) is 2.60. The second-order valence-corrected chi connectivity index (χ2v) is 6.03. The molecule has 4 heteroatoms. The molecule has 0 radical (unpaired) electrons. The third-order valence-corrected chi connectivity index (χ3v) is 4.00. The molecule has 1 heterocycles. The van der Waals surface area contributed by atoms with Crippen molar-refractivity contribution in [3.8, 4) is 0 Å². The van der Waals surface area contributed by atoms with Gasteiger partial charge in [0.25, 0.3) is 5.91 Å². The van der Waals surface area contributed by atoms with Crippen LogP contribution in [0, 0.1) is 6.92 Å². The predicted octanol–water partition coefficient (Wildman–Crippen LogP) is 4.26. The van der Waals surface area contributed by atoms with Crippen LogP contribution in [0.5, 0.6) is 0 Å². The van der Waals surface area contributed by atoms with Gasteiger partial charge in [0.05, 0.1) is 11.3 Å². The van der Waals surface area contributed by atoms with Crippen LogP contribution in [0.25, 0.3) is 0 Å². The maximum atomic E-state index is 12.7. The second kappa shape index (κ2) is 9.06. The van der Waals surface area contributed by atoms with E-state index in [1.54, 1.807) is 12.4 Å². The van der Waals surface area contributed by atoms with Crippen LogP contribution in [0.1, 0.15) is 48.2 Å². The quantitative estimate of drug-likeness (QED) is 0.788. The summed E-state index contributed by atoms with van der Waals surface area (Å²) < 4.78 is 0. The van der Waals surface area contributed by atoms with E-state index < -0.39 is 0 Å². The number of carbonyl (C=O) groups excluding carboxylic acids is 1. The van der Waals surface area contributed by atoms with Crippen LogP contribution in [0.3, 0.4) is 0 Å². The van der Waals surface area contributed by atoms with E-state index in [9.17, 15) is 4.79 Å². The van der Waals surface area contributed by atoms with Crippen molar-refractivity contribution >= 4 is 11.6 Å². The standard InChI is InChI=1S/C20H27N3O/c1-4-10-23(11-5-2)20(24)18-12-19(15-21-13-18)22-14-17-9-7-6-8-16(17)3/h6-9,12-13,15,22H,4-5,10-11,14H2,1-3H3. The maximum Gasteiger partial charge on any atom is 0.255 e. The molecule has 0 spiro atoms. The summed E-state index contributed by atoms with van der Waals surface area (Å²) in [5.74, 6) is 0.0609. The Morgan fingerprint density at radius 1 is 1.12 bits per heavy atom. The number of aryl methyl sites for hydroxylation is 1. The summed E-state index contributed by atoms with van der Waals surface area (Å²) in [6.07, 6.45) is 5.34. The summed E-state index contributed by atoms with van der Waals surface area (Å²) in [6.45, 7) is 8.58. The highest BCUT2D eigenvalue weighted by molar-refractivity contribution is 5.94. The molecule has 4 nitrogen and oxygen atoms in total. The molecule has 1 aromatic carbocycles. The van der Waals surface area contributed by atoms with Crippen LogP contribution in [0.15, 0.2) is 42.7 Å². The summed E-state index contributed by atoms with van der Waals surface area (Å²) in [6, 6.07) is 10.2. The number of hydrogen-bond donors (Lipinski definition) is 1. The number of pyridine rings is 1. The lowest BCUT2D eigenvalue weighted by Gasteiger charge is -2.21. The number of aromatic nitrogens is 1. The third kappa shape index (κ3) is 4.82. The van der Waals surface area contributed by atoms with Crippen molar-refractivity contribution in [1.29, 1.82) is 0 Å². The van der Waals surface area contributed by atoms with Crippen LogP contribution in [-0.4, -0.2) is 28.9 Å². The summed E-state index contributed by atoms with van der Waals surface area (Å²) in [4.78, 5) is 18.8. The minimum Gasteiger partial charge on any atom is -0.380 e. The lowest BCUT2D eigenvalue weighted by atomic mass is 10.1. The molecule has 0 aliphatic heterocycles. The Bertz CT molecular complexity index is 663. The van der Waals surface area contributed by atoms with Gasteiger partial charge in [-0.15, -0.1) is 0 Å². The van der Waals surface area contributed by atoms with E-state index in [1.165, 1.54) is 11.1 Å². The zero-order chi connectivity index (χ0) is 17.4. The highest BCUT2D eigenvalue weighted by atomic mass is 16.2. The number of carbonyl (C=O) groups is 1. The Hall–Kier alpha value is -2.36. The lowest BCUT2D eigenvalue weighted by Crippen LogP contribution is -2.32. The number of nitrogens with zero attached hydrogens (tertiary/aromatic N) is 2. The first-order chi connectivity index (χ1) is 11.7. The molecule has 0 aliphatic rings. The molecule has 1 aromatic heterocycles. The van der Waals surface area contributed by atoms with Gasteiger partial charge in [0.15, 0.2) is 0 Å². The van der Waals surface area contributed by atoms with Crippen LogP contribution in [0.2, 0.25) is 0 Å². The van der Waals surface area contributed by atoms with Gasteiger partial charge in [0.2, 0.25) is 0 Å². The van der Waals surface area contributed by atoms with Gasteiger partial charge in [-0.1, -0.05) is 38.1 Å². The number of benzene rings is 1. The van der Waals surface area contributed by atoms with Crippen molar-refractivity contribution < 1.29 is 4.79 Å². The van der Waals surface area contributed by atoms with Crippen molar-refractivity contribution in [2.24, 2.45) is 0 Å². The van der Waals surface area contributed by atoms with Crippen molar-refractivity contribution in [2.75, 3.05) is 18.4 Å².